The highest BCUT2D eigenvalue weighted by Crippen LogP contribution is 2.12. The summed E-state index contributed by atoms with van der Waals surface area (Å²) in [5.41, 5.74) is 0. The molecule has 0 radical (unpaired) electrons. The van der Waals surface area contributed by atoms with E-state index in [9.17, 15) is 0 Å². The number of hydrogen-bond acceptors (Lipinski definition) is 6. The zero-order valence-electron chi connectivity index (χ0n) is 16.8. The van der Waals surface area contributed by atoms with Crippen molar-refractivity contribution in [2.24, 2.45) is 10.9 Å². The summed E-state index contributed by atoms with van der Waals surface area (Å²) in [5, 5.41) is 15.0. The summed E-state index contributed by atoms with van der Waals surface area (Å²) in [6.45, 7) is 11.8. The molecule has 1 aromatic rings. The van der Waals surface area contributed by atoms with E-state index in [1.165, 1.54) is 0 Å². The molecule has 2 aliphatic rings. The maximum atomic E-state index is 5.46. The van der Waals surface area contributed by atoms with Crippen molar-refractivity contribution in [2.75, 3.05) is 65.7 Å². The smallest absolute Gasteiger partial charge is 0.191 e. The fourth-order valence-corrected chi connectivity index (χ4v) is 3.31. The van der Waals surface area contributed by atoms with Gasteiger partial charge >= 0.3 is 0 Å². The average Bonchev–Trinajstić information content (AvgIpc) is 3.38. The number of rotatable bonds is 9. The third-order valence-corrected chi connectivity index (χ3v) is 5.01. The monoisotopic (exact) mass is 507 g/mol. The summed E-state index contributed by atoms with van der Waals surface area (Å²) in [4.78, 5) is 7.20. The van der Waals surface area contributed by atoms with Gasteiger partial charge in [0.2, 0.25) is 0 Å². The van der Waals surface area contributed by atoms with Crippen LogP contribution in [0.1, 0.15) is 19.2 Å². The van der Waals surface area contributed by atoms with Gasteiger partial charge in [-0.3, -0.25) is 9.89 Å². The molecule has 160 valence electrons. The first-order valence-corrected chi connectivity index (χ1v) is 10.1. The molecular weight excluding hydrogens is 473 g/mol. The first kappa shape index (κ1) is 23.3. The maximum absolute atomic E-state index is 5.46. The predicted molar refractivity (Wildman–Crippen MR) is 119 cm³/mol. The van der Waals surface area contributed by atoms with Crippen LogP contribution in [-0.4, -0.2) is 91.3 Å². The molecule has 9 nitrogen and oxygen atoms in total. The lowest BCUT2D eigenvalue weighted by Gasteiger charge is -2.26. The number of aromatic nitrogens is 3. The lowest BCUT2D eigenvalue weighted by molar-refractivity contribution is 0.0389. The Kier molecular flexibility index (Phi) is 11.1. The Bertz CT molecular complexity index is 572. The van der Waals surface area contributed by atoms with Crippen molar-refractivity contribution in [1.29, 1.82) is 0 Å². The highest BCUT2D eigenvalue weighted by atomic mass is 127. The number of nitrogens with zero attached hydrogens (tertiary/aromatic N) is 5. The Morgan fingerprint density at radius 2 is 1.96 bits per heavy atom. The number of aryl methyl sites for hydroxylation is 1. The van der Waals surface area contributed by atoms with Gasteiger partial charge in [-0.2, -0.15) is 0 Å². The zero-order chi connectivity index (χ0) is 18.7. The normalized spacial score (nSPS) is 20.8. The number of ether oxygens (including phenoxy) is 2. The molecular formula is C18H34IN7O2. The average molecular weight is 507 g/mol. The number of hydrogen-bond donors (Lipinski definition) is 2. The molecule has 2 fully saturated rings. The first-order valence-electron chi connectivity index (χ1n) is 10.1. The SMILES string of the molecule is CCc1nncn1CCNC(=NCC1CCOC1)NCCN1CCOCC1.I. The van der Waals surface area contributed by atoms with Gasteiger partial charge in [-0.05, 0) is 6.42 Å². The highest BCUT2D eigenvalue weighted by molar-refractivity contribution is 14.0. The predicted octanol–water partition coefficient (Wildman–Crippen LogP) is 0.362. The van der Waals surface area contributed by atoms with Crippen LogP contribution in [0.4, 0.5) is 0 Å². The second kappa shape index (κ2) is 13.3. The molecule has 0 bridgehead atoms. The minimum Gasteiger partial charge on any atom is -0.381 e. The summed E-state index contributed by atoms with van der Waals surface area (Å²) >= 11 is 0. The van der Waals surface area contributed by atoms with Crippen LogP contribution in [0, 0.1) is 5.92 Å². The second-order valence-corrected chi connectivity index (χ2v) is 7.02. The summed E-state index contributed by atoms with van der Waals surface area (Å²) in [6, 6.07) is 0. The van der Waals surface area contributed by atoms with E-state index in [1.54, 1.807) is 6.33 Å². The van der Waals surface area contributed by atoms with Crippen molar-refractivity contribution < 1.29 is 9.47 Å². The lowest BCUT2D eigenvalue weighted by Crippen LogP contribution is -2.45. The number of morpholine rings is 1. The Morgan fingerprint density at radius 3 is 2.68 bits per heavy atom. The molecule has 0 aliphatic carbocycles. The molecule has 1 aromatic heterocycles. The van der Waals surface area contributed by atoms with Crippen molar-refractivity contribution in [3.8, 4) is 0 Å². The number of guanidine groups is 1. The molecule has 0 spiro atoms. The van der Waals surface area contributed by atoms with E-state index in [-0.39, 0.29) is 24.0 Å². The Hall–Kier alpha value is -0.980. The van der Waals surface area contributed by atoms with E-state index < -0.39 is 0 Å². The Labute approximate surface area is 184 Å². The maximum Gasteiger partial charge on any atom is 0.191 e. The van der Waals surface area contributed by atoms with Gasteiger partial charge in [0.25, 0.3) is 0 Å². The summed E-state index contributed by atoms with van der Waals surface area (Å²) in [6.07, 6.45) is 3.78. The minimum atomic E-state index is 0. The van der Waals surface area contributed by atoms with Gasteiger partial charge in [0.15, 0.2) is 5.96 Å². The molecule has 0 amide bonds. The highest BCUT2D eigenvalue weighted by Gasteiger charge is 2.15. The minimum absolute atomic E-state index is 0. The van der Waals surface area contributed by atoms with Crippen molar-refractivity contribution in [3.63, 3.8) is 0 Å². The van der Waals surface area contributed by atoms with Crippen molar-refractivity contribution in [1.82, 2.24) is 30.3 Å². The molecule has 0 aromatic carbocycles. The van der Waals surface area contributed by atoms with Crippen molar-refractivity contribution in [2.45, 2.75) is 26.3 Å². The van der Waals surface area contributed by atoms with E-state index in [4.69, 9.17) is 14.5 Å². The van der Waals surface area contributed by atoms with Gasteiger partial charge in [-0.15, -0.1) is 34.2 Å². The molecule has 28 heavy (non-hydrogen) atoms. The molecule has 1 atom stereocenters. The van der Waals surface area contributed by atoms with E-state index >= 15 is 0 Å². The topological polar surface area (TPSA) is 88.8 Å². The van der Waals surface area contributed by atoms with Crippen LogP contribution in [0.25, 0.3) is 0 Å². The number of halogens is 1. The molecule has 2 aliphatic heterocycles. The zero-order valence-corrected chi connectivity index (χ0v) is 19.1. The molecule has 2 saturated heterocycles. The van der Waals surface area contributed by atoms with E-state index in [0.717, 1.165) is 96.9 Å². The van der Waals surface area contributed by atoms with Gasteiger partial charge in [-0.25, -0.2) is 0 Å². The molecule has 1 unspecified atom stereocenters. The quantitative estimate of drug-likeness (QED) is 0.284. The first-order chi connectivity index (χ1) is 13.3. The summed E-state index contributed by atoms with van der Waals surface area (Å²) < 4.78 is 13.0. The van der Waals surface area contributed by atoms with Crippen LogP contribution in [0.15, 0.2) is 11.3 Å². The lowest BCUT2D eigenvalue weighted by atomic mass is 10.1. The number of aliphatic imine (C=N–C) groups is 1. The van der Waals surface area contributed by atoms with Crippen LogP contribution >= 0.6 is 24.0 Å². The van der Waals surface area contributed by atoms with Crippen molar-refractivity contribution in [3.05, 3.63) is 12.2 Å². The third-order valence-electron chi connectivity index (χ3n) is 5.01. The van der Waals surface area contributed by atoms with Crippen LogP contribution in [0.2, 0.25) is 0 Å². The fourth-order valence-electron chi connectivity index (χ4n) is 3.31. The van der Waals surface area contributed by atoms with Crippen molar-refractivity contribution >= 4 is 29.9 Å². The van der Waals surface area contributed by atoms with E-state index in [0.29, 0.717) is 5.92 Å². The fraction of sp³-hybridized carbons (Fsp3) is 0.833. The van der Waals surface area contributed by atoms with Gasteiger partial charge in [0, 0.05) is 64.8 Å². The molecule has 0 saturated carbocycles. The number of nitrogens with one attached hydrogen (secondary N) is 2. The van der Waals surface area contributed by atoms with Gasteiger partial charge in [0.1, 0.15) is 12.2 Å². The molecule has 10 heteroatoms. The summed E-state index contributed by atoms with van der Waals surface area (Å²) in [7, 11) is 0. The Balaban J connectivity index is 0.00000280. The standard InChI is InChI=1S/C18H33N7O2.HI/c1-2-17-23-22-15-25(17)7-5-20-18(21-13-16-3-10-27-14-16)19-4-6-24-8-11-26-12-9-24;/h15-16H,2-14H2,1H3,(H2,19,20,21);1H. The second-order valence-electron chi connectivity index (χ2n) is 7.02. The van der Waals surface area contributed by atoms with Gasteiger partial charge in [0.05, 0.1) is 19.8 Å². The molecule has 3 heterocycles. The van der Waals surface area contributed by atoms with Crippen LogP contribution in [-0.2, 0) is 22.4 Å². The van der Waals surface area contributed by atoms with Crippen LogP contribution < -0.4 is 10.6 Å². The van der Waals surface area contributed by atoms with Crippen LogP contribution in [0.5, 0.6) is 0 Å². The Morgan fingerprint density at radius 1 is 1.18 bits per heavy atom. The largest absolute Gasteiger partial charge is 0.381 e. The molecule has 2 N–H and O–H groups in total. The third kappa shape index (κ3) is 7.80. The van der Waals surface area contributed by atoms with E-state index in [1.807, 2.05) is 0 Å². The molecule has 3 rings (SSSR count). The van der Waals surface area contributed by atoms with E-state index in [2.05, 4.69) is 37.2 Å². The summed E-state index contributed by atoms with van der Waals surface area (Å²) in [5.74, 6) is 2.42. The van der Waals surface area contributed by atoms with Gasteiger partial charge < -0.3 is 24.7 Å². The van der Waals surface area contributed by atoms with Crippen LogP contribution in [0.3, 0.4) is 0 Å². The van der Waals surface area contributed by atoms with Gasteiger partial charge in [-0.1, -0.05) is 6.92 Å².